The first kappa shape index (κ1) is 16.7. The second-order valence-corrected chi connectivity index (χ2v) is 5.69. The highest BCUT2D eigenvalue weighted by molar-refractivity contribution is 7.12. The fraction of sp³-hybridized carbons (Fsp3) is 0.167. The van der Waals surface area contributed by atoms with Crippen LogP contribution in [0.2, 0.25) is 0 Å². The van der Waals surface area contributed by atoms with Crippen LogP contribution >= 0.6 is 11.3 Å². The molecule has 0 atom stereocenters. The molecule has 23 heavy (non-hydrogen) atoms. The lowest BCUT2D eigenvalue weighted by Crippen LogP contribution is -2.04. The first-order valence-electron chi connectivity index (χ1n) is 7.11. The van der Waals surface area contributed by atoms with Gasteiger partial charge in [0, 0.05) is 12.5 Å². The van der Waals surface area contributed by atoms with Gasteiger partial charge in [0.25, 0.3) is 0 Å². The van der Waals surface area contributed by atoms with Gasteiger partial charge in [-0.1, -0.05) is 18.2 Å². The van der Waals surface area contributed by atoms with Crippen LogP contribution in [0.3, 0.4) is 0 Å². The van der Waals surface area contributed by atoms with E-state index in [-0.39, 0.29) is 12.4 Å². The number of hydrogen-bond donors (Lipinski definition) is 0. The van der Waals surface area contributed by atoms with Crippen LogP contribution in [-0.4, -0.2) is 18.4 Å². The molecule has 0 amide bonds. The van der Waals surface area contributed by atoms with Crippen molar-refractivity contribution >= 4 is 29.2 Å². The monoisotopic (exact) mass is 325 g/mol. The Morgan fingerprint density at radius 3 is 2.65 bits per heavy atom. The average Bonchev–Trinajstić information content (AvgIpc) is 3.12. The molecule has 0 radical (unpaired) electrons. The Hall–Kier alpha value is -2.71. The van der Waals surface area contributed by atoms with E-state index in [0.717, 1.165) is 10.4 Å². The summed E-state index contributed by atoms with van der Waals surface area (Å²) >= 11 is 1.42. The van der Waals surface area contributed by atoms with E-state index < -0.39 is 5.97 Å². The highest BCUT2D eigenvalue weighted by atomic mass is 32.1. The van der Waals surface area contributed by atoms with Crippen LogP contribution in [0.25, 0.3) is 6.08 Å². The first-order chi connectivity index (χ1) is 11.2. The van der Waals surface area contributed by atoms with E-state index in [0.29, 0.717) is 18.4 Å². The number of thiophene rings is 1. The highest BCUT2D eigenvalue weighted by Crippen LogP contribution is 2.12. The summed E-state index contributed by atoms with van der Waals surface area (Å²) in [6, 6.07) is 12.5. The molecule has 0 saturated heterocycles. The number of benzene rings is 1. The molecule has 1 aromatic carbocycles. The minimum absolute atomic E-state index is 0.0733. The van der Waals surface area contributed by atoms with E-state index in [4.69, 9.17) is 10.00 Å². The third-order valence-electron chi connectivity index (χ3n) is 3.04. The second-order valence-electron chi connectivity index (χ2n) is 4.74. The van der Waals surface area contributed by atoms with Gasteiger partial charge in [0.15, 0.2) is 5.78 Å². The van der Waals surface area contributed by atoms with Crippen LogP contribution in [-0.2, 0) is 9.53 Å². The van der Waals surface area contributed by atoms with Gasteiger partial charge in [-0.2, -0.15) is 5.26 Å². The van der Waals surface area contributed by atoms with E-state index in [2.05, 4.69) is 0 Å². The molecular weight excluding hydrogens is 310 g/mol. The summed E-state index contributed by atoms with van der Waals surface area (Å²) in [6.45, 7) is 0.216. The third-order valence-corrected chi connectivity index (χ3v) is 3.95. The number of rotatable bonds is 7. The van der Waals surface area contributed by atoms with Crippen LogP contribution in [0.4, 0.5) is 0 Å². The van der Waals surface area contributed by atoms with Crippen LogP contribution in [0.1, 0.15) is 33.6 Å². The van der Waals surface area contributed by atoms with E-state index in [1.54, 1.807) is 36.4 Å². The second kappa shape index (κ2) is 8.66. The Morgan fingerprint density at radius 1 is 1.22 bits per heavy atom. The van der Waals surface area contributed by atoms with Crippen molar-refractivity contribution in [1.29, 1.82) is 5.26 Å². The molecule has 0 saturated carbocycles. The van der Waals surface area contributed by atoms with Crippen molar-refractivity contribution in [1.82, 2.24) is 0 Å². The number of hydrogen-bond acceptors (Lipinski definition) is 5. The maximum atomic E-state index is 11.7. The number of Topliss-reactive ketones (excluding diaryl/α,β-unsaturated/α-hetero) is 1. The lowest BCUT2D eigenvalue weighted by Gasteiger charge is -2.01. The number of esters is 1. The van der Waals surface area contributed by atoms with Gasteiger partial charge in [0.2, 0.25) is 0 Å². The van der Waals surface area contributed by atoms with Gasteiger partial charge in [-0.15, -0.1) is 11.3 Å². The van der Waals surface area contributed by atoms with Crippen molar-refractivity contribution in [3.63, 3.8) is 0 Å². The largest absolute Gasteiger partial charge is 0.463 e. The van der Waals surface area contributed by atoms with E-state index in [1.807, 2.05) is 17.5 Å². The predicted molar refractivity (Wildman–Crippen MR) is 89.0 cm³/mol. The fourth-order valence-corrected chi connectivity index (χ4v) is 2.54. The molecule has 0 aliphatic heterocycles. The summed E-state index contributed by atoms with van der Waals surface area (Å²) in [5.41, 5.74) is 1.38. The van der Waals surface area contributed by atoms with Crippen LogP contribution < -0.4 is 0 Å². The van der Waals surface area contributed by atoms with Gasteiger partial charge in [-0.05, 0) is 41.6 Å². The molecule has 0 fully saturated rings. The summed E-state index contributed by atoms with van der Waals surface area (Å²) in [6.07, 6.45) is 3.84. The van der Waals surface area contributed by atoms with Crippen molar-refractivity contribution in [3.05, 3.63) is 63.9 Å². The predicted octanol–water partition coefficient (Wildman–Crippen LogP) is 3.84. The van der Waals surface area contributed by atoms with Gasteiger partial charge >= 0.3 is 5.97 Å². The van der Waals surface area contributed by atoms with Crippen molar-refractivity contribution < 1.29 is 14.3 Å². The zero-order valence-corrected chi connectivity index (χ0v) is 13.2. The molecule has 0 spiro atoms. The van der Waals surface area contributed by atoms with Crippen LogP contribution in [0.5, 0.6) is 0 Å². The summed E-state index contributed by atoms with van der Waals surface area (Å²) < 4.78 is 5.05. The smallest absolute Gasteiger partial charge is 0.330 e. The van der Waals surface area contributed by atoms with Crippen molar-refractivity contribution in [3.8, 4) is 6.07 Å². The number of carbonyl (C=O) groups excluding carboxylic acids is 2. The normalized spacial score (nSPS) is 10.4. The maximum absolute atomic E-state index is 11.7. The van der Waals surface area contributed by atoms with E-state index >= 15 is 0 Å². The number of ether oxygens (including phenoxy) is 1. The minimum atomic E-state index is -0.446. The quantitative estimate of drug-likeness (QED) is 0.336. The van der Waals surface area contributed by atoms with Gasteiger partial charge < -0.3 is 4.74 Å². The Bertz CT molecular complexity index is 725. The SMILES string of the molecule is N#Cc1ccc(/C=C/C(=O)OCCCC(=O)c2cccs2)cc1. The van der Waals surface area contributed by atoms with Crippen molar-refractivity contribution in [2.45, 2.75) is 12.8 Å². The highest BCUT2D eigenvalue weighted by Gasteiger charge is 2.06. The zero-order chi connectivity index (χ0) is 16.5. The Labute approximate surface area is 138 Å². The summed E-state index contributed by atoms with van der Waals surface area (Å²) in [5, 5.41) is 10.6. The molecule has 0 unspecified atom stereocenters. The molecule has 1 aromatic heterocycles. The Kier molecular flexibility index (Phi) is 6.28. The Balaban J connectivity index is 1.69. The number of nitrogens with zero attached hydrogens (tertiary/aromatic N) is 1. The minimum Gasteiger partial charge on any atom is -0.463 e. The molecule has 0 aliphatic rings. The van der Waals surface area contributed by atoms with Crippen LogP contribution in [0.15, 0.2) is 47.9 Å². The number of carbonyl (C=O) groups is 2. The average molecular weight is 325 g/mol. The third kappa shape index (κ3) is 5.53. The molecule has 5 heteroatoms. The van der Waals surface area contributed by atoms with Crippen LogP contribution in [0, 0.1) is 11.3 Å². The lowest BCUT2D eigenvalue weighted by atomic mass is 10.1. The Morgan fingerprint density at radius 2 is 2.00 bits per heavy atom. The van der Waals surface area contributed by atoms with Gasteiger partial charge in [0.05, 0.1) is 23.1 Å². The van der Waals surface area contributed by atoms with Gasteiger partial charge in [-0.25, -0.2) is 4.79 Å². The molecule has 0 aliphatic carbocycles. The molecule has 116 valence electrons. The summed E-state index contributed by atoms with van der Waals surface area (Å²) in [5.74, 6) is -0.373. The van der Waals surface area contributed by atoms with Gasteiger partial charge in [-0.3, -0.25) is 4.79 Å². The topological polar surface area (TPSA) is 67.2 Å². The lowest BCUT2D eigenvalue weighted by molar-refractivity contribution is -0.137. The maximum Gasteiger partial charge on any atom is 0.330 e. The molecule has 2 aromatic rings. The fourth-order valence-electron chi connectivity index (χ4n) is 1.85. The summed E-state index contributed by atoms with van der Waals surface area (Å²) in [7, 11) is 0. The standard InChI is InChI=1S/C18H15NO3S/c19-13-15-7-5-14(6-8-15)9-10-18(21)22-11-1-3-16(20)17-4-2-12-23-17/h2,4-10,12H,1,3,11H2/b10-9+. The van der Waals surface area contributed by atoms with E-state index in [1.165, 1.54) is 17.4 Å². The molecule has 1 heterocycles. The van der Waals surface area contributed by atoms with Gasteiger partial charge in [0.1, 0.15) is 0 Å². The molecule has 4 nitrogen and oxygen atoms in total. The number of nitriles is 1. The molecular formula is C18H15NO3S. The van der Waals surface area contributed by atoms with E-state index in [9.17, 15) is 9.59 Å². The van der Waals surface area contributed by atoms with Crippen molar-refractivity contribution in [2.75, 3.05) is 6.61 Å². The number of ketones is 1. The molecule has 0 bridgehead atoms. The van der Waals surface area contributed by atoms with Crippen molar-refractivity contribution in [2.24, 2.45) is 0 Å². The first-order valence-corrected chi connectivity index (χ1v) is 7.99. The zero-order valence-electron chi connectivity index (χ0n) is 12.4. The molecule has 0 N–H and O–H groups in total. The molecule has 2 rings (SSSR count). The summed E-state index contributed by atoms with van der Waals surface area (Å²) in [4.78, 5) is 24.0.